The minimum atomic E-state index is -0.783. The van der Waals surface area contributed by atoms with Gasteiger partial charge in [-0.1, -0.05) is 53.2 Å². The van der Waals surface area contributed by atoms with Gasteiger partial charge in [0.25, 0.3) is 0 Å². The van der Waals surface area contributed by atoms with Gasteiger partial charge >= 0.3 is 17.9 Å². The highest BCUT2D eigenvalue weighted by atomic mass is 32.2. The summed E-state index contributed by atoms with van der Waals surface area (Å²) in [6, 6.07) is 4.58. The second-order valence-corrected chi connectivity index (χ2v) is 20.6. The number of allylic oxidation sites excluding steroid dienone is 2. The number of methoxy groups -OCH3 is 2. The van der Waals surface area contributed by atoms with E-state index in [2.05, 4.69) is 41.5 Å². The van der Waals surface area contributed by atoms with E-state index in [1.165, 1.54) is 25.9 Å². The smallest absolute Gasteiger partial charge is 0.330 e. The van der Waals surface area contributed by atoms with E-state index in [0.717, 1.165) is 44.3 Å². The number of hydrogen-bond donors (Lipinski definition) is 1. The Labute approximate surface area is 338 Å². The second-order valence-electron chi connectivity index (χ2n) is 19.6. The SMILES string of the molecule is COC(=O)/C=C/c1ccc(OC)c(OC(=O)[C@@]2(C)CC[C@]3(C)CC[C@]4(C)C(=CC(=O)[C@@H]5[C@@]6(C)CC[C@H](OC(=O)[C@@H](N)CCSC)C(C)(C)[C@@H]6CC[C@]54C)[C@H]3C2)c1. The molecule has 0 spiro atoms. The molecule has 56 heavy (non-hydrogen) atoms. The van der Waals surface area contributed by atoms with E-state index in [0.29, 0.717) is 42.7 Å². The fourth-order valence-electron chi connectivity index (χ4n) is 12.5. The lowest BCUT2D eigenvalue weighted by Gasteiger charge is -2.70. The topological polar surface area (TPSA) is 131 Å². The predicted octanol–water partition coefficient (Wildman–Crippen LogP) is 8.76. The van der Waals surface area contributed by atoms with E-state index in [1.54, 1.807) is 36.0 Å². The Morgan fingerprint density at radius 3 is 2.34 bits per heavy atom. The lowest BCUT2D eigenvalue weighted by Crippen LogP contribution is -2.67. The van der Waals surface area contributed by atoms with Crippen molar-refractivity contribution in [3.63, 3.8) is 0 Å². The van der Waals surface area contributed by atoms with Crippen molar-refractivity contribution >= 4 is 41.5 Å². The largest absolute Gasteiger partial charge is 0.493 e. The molecule has 308 valence electrons. The van der Waals surface area contributed by atoms with Crippen LogP contribution in [0.25, 0.3) is 6.08 Å². The first-order valence-corrected chi connectivity index (χ1v) is 22.0. The van der Waals surface area contributed by atoms with Crippen molar-refractivity contribution in [3.8, 4) is 11.5 Å². The Bertz CT molecular complexity index is 1800. The van der Waals surface area contributed by atoms with E-state index in [9.17, 15) is 19.2 Å². The first kappa shape index (κ1) is 42.5. The van der Waals surface area contributed by atoms with Gasteiger partial charge in [-0.15, -0.1) is 0 Å². The van der Waals surface area contributed by atoms with Crippen molar-refractivity contribution < 1.29 is 38.1 Å². The molecular formula is C46H65NO8S. The quantitative estimate of drug-likeness (QED) is 0.139. The lowest BCUT2D eigenvalue weighted by molar-refractivity contribution is -0.211. The fraction of sp³-hybridized carbons (Fsp3) is 0.696. The van der Waals surface area contributed by atoms with E-state index in [1.807, 2.05) is 19.3 Å². The minimum Gasteiger partial charge on any atom is -0.493 e. The second kappa shape index (κ2) is 15.2. The Morgan fingerprint density at radius 1 is 0.946 bits per heavy atom. The van der Waals surface area contributed by atoms with Crippen molar-refractivity contribution in [3.05, 3.63) is 41.5 Å². The number of hydrogen-bond acceptors (Lipinski definition) is 10. The number of carbonyl (C=O) groups excluding carboxylic acids is 4. The first-order valence-electron chi connectivity index (χ1n) is 20.6. The van der Waals surface area contributed by atoms with Gasteiger partial charge < -0.3 is 24.7 Å². The van der Waals surface area contributed by atoms with E-state index < -0.39 is 17.4 Å². The maximum absolute atomic E-state index is 15.0. The molecule has 0 aliphatic heterocycles. The maximum atomic E-state index is 15.0. The standard InChI is InChI=1S/C46H65NO8S/c1-41(2)35-15-19-46(7)38(44(35,5)18-16-36(41)55-39(50)31(47)17-24-56-10)32(48)26-29-30-27-43(4,21-20-42(30,3)22-23-45(29,46)6)40(51)54-34-25-28(11-13-33(34)52-8)12-14-37(49)53-9/h11-14,25-26,30-31,35-36,38H,15-24,27,47H2,1-10H3/b14-12+/t30-,31+,35+,36+,38-,42-,43+,44+,45-,46-/m1/s1. The number of fused-ring (bicyclic) bond motifs is 7. The molecule has 2 N–H and O–H groups in total. The first-order chi connectivity index (χ1) is 26.2. The van der Waals surface area contributed by atoms with Crippen molar-refractivity contribution in [1.82, 2.24) is 0 Å². The van der Waals surface area contributed by atoms with Crippen LogP contribution >= 0.6 is 11.8 Å². The van der Waals surface area contributed by atoms with Crippen molar-refractivity contribution in [2.24, 2.45) is 56.0 Å². The van der Waals surface area contributed by atoms with Crippen LogP contribution in [0.1, 0.15) is 118 Å². The van der Waals surface area contributed by atoms with Crippen LogP contribution < -0.4 is 15.2 Å². The number of esters is 3. The van der Waals surface area contributed by atoms with Crippen LogP contribution in [0, 0.1) is 50.2 Å². The average Bonchev–Trinajstić information content (AvgIpc) is 3.15. The summed E-state index contributed by atoms with van der Waals surface area (Å²) < 4.78 is 22.7. The number of thioether (sulfide) groups is 1. The van der Waals surface area contributed by atoms with Gasteiger partial charge in [0.2, 0.25) is 0 Å². The van der Waals surface area contributed by atoms with Crippen LogP contribution in [-0.2, 0) is 28.7 Å². The molecule has 0 aromatic heterocycles. The van der Waals surface area contributed by atoms with Crippen LogP contribution in [0.15, 0.2) is 35.9 Å². The molecule has 0 bridgehead atoms. The van der Waals surface area contributed by atoms with Gasteiger partial charge in [-0.05, 0) is 146 Å². The number of nitrogens with two attached hydrogens (primary N) is 1. The lowest BCUT2D eigenvalue weighted by atomic mass is 9.33. The van der Waals surface area contributed by atoms with Gasteiger partial charge in [0.1, 0.15) is 12.1 Å². The zero-order valence-electron chi connectivity index (χ0n) is 35.4. The molecule has 0 heterocycles. The van der Waals surface area contributed by atoms with Crippen molar-refractivity contribution in [1.29, 1.82) is 0 Å². The summed E-state index contributed by atoms with van der Waals surface area (Å²) >= 11 is 1.67. The molecule has 9 nitrogen and oxygen atoms in total. The number of ether oxygens (including phenoxy) is 4. The van der Waals surface area contributed by atoms with Gasteiger partial charge in [-0.3, -0.25) is 14.4 Å². The van der Waals surface area contributed by atoms with E-state index in [4.69, 9.17) is 24.7 Å². The van der Waals surface area contributed by atoms with Gasteiger partial charge in [-0.2, -0.15) is 11.8 Å². The summed E-state index contributed by atoms with van der Waals surface area (Å²) in [6.07, 6.45) is 14.9. The number of benzene rings is 1. The predicted molar refractivity (Wildman–Crippen MR) is 220 cm³/mol. The molecule has 4 saturated carbocycles. The Kier molecular flexibility index (Phi) is 11.6. The zero-order valence-corrected chi connectivity index (χ0v) is 36.2. The van der Waals surface area contributed by atoms with Crippen LogP contribution in [0.5, 0.6) is 11.5 Å². The molecule has 1 aromatic rings. The minimum absolute atomic E-state index is 0.0351. The van der Waals surface area contributed by atoms with Gasteiger partial charge in [0.15, 0.2) is 17.3 Å². The van der Waals surface area contributed by atoms with Crippen molar-refractivity contribution in [2.75, 3.05) is 26.2 Å². The van der Waals surface area contributed by atoms with Crippen LogP contribution in [0.4, 0.5) is 0 Å². The molecule has 0 saturated heterocycles. The zero-order chi connectivity index (χ0) is 41.1. The number of ketones is 1. The molecule has 10 atom stereocenters. The number of rotatable bonds is 10. The normalized spacial score (nSPS) is 37.8. The molecule has 10 heteroatoms. The van der Waals surface area contributed by atoms with Gasteiger partial charge in [0, 0.05) is 17.4 Å². The molecule has 0 unspecified atom stereocenters. The molecule has 5 aliphatic carbocycles. The third kappa shape index (κ3) is 6.96. The third-order valence-electron chi connectivity index (χ3n) is 16.2. The van der Waals surface area contributed by atoms with E-state index >= 15 is 0 Å². The van der Waals surface area contributed by atoms with Crippen molar-refractivity contribution in [2.45, 2.75) is 125 Å². The Morgan fingerprint density at radius 2 is 1.66 bits per heavy atom. The molecule has 1 aromatic carbocycles. The molecule has 6 rings (SSSR count). The summed E-state index contributed by atoms with van der Waals surface area (Å²) in [6.45, 7) is 16.0. The molecule has 0 radical (unpaired) electrons. The Balaban J connectivity index is 1.27. The molecule has 5 aliphatic rings. The summed E-state index contributed by atoms with van der Waals surface area (Å²) in [5.41, 5.74) is 6.27. The van der Waals surface area contributed by atoms with Crippen LogP contribution in [0.3, 0.4) is 0 Å². The Hall–Kier alpha value is -3.11. The number of carbonyl (C=O) groups is 4. The van der Waals surface area contributed by atoms with E-state index in [-0.39, 0.29) is 68.7 Å². The highest BCUT2D eigenvalue weighted by molar-refractivity contribution is 7.98. The van der Waals surface area contributed by atoms with Gasteiger partial charge in [-0.25, -0.2) is 4.79 Å². The summed E-state index contributed by atoms with van der Waals surface area (Å²) in [5, 5.41) is 0. The van der Waals surface area contributed by atoms with Crippen LogP contribution in [0.2, 0.25) is 0 Å². The highest BCUT2D eigenvalue weighted by Crippen LogP contribution is 2.75. The summed E-state index contributed by atoms with van der Waals surface area (Å²) in [5.74, 6) is 0.753. The third-order valence-corrected chi connectivity index (χ3v) is 16.8. The maximum Gasteiger partial charge on any atom is 0.330 e. The summed E-state index contributed by atoms with van der Waals surface area (Å²) in [4.78, 5) is 54.1. The fourth-order valence-corrected chi connectivity index (χ4v) is 13.0. The van der Waals surface area contributed by atoms with Gasteiger partial charge in [0.05, 0.1) is 19.6 Å². The molecule has 4 fully saturated rings. The summed E-state index contributed by atoms with van der Waals surface area (Å²) in [7, 11) is 2.86. The van der Waals surface area contributed by atoms with Crippen LogP contribution in [-0.4, -0.2) is 62.1 Å². The average molecular weight is 792 g/mol. The highest BCUT2D eigenvalue weighted by Gasteiger charge is 2.70. The molecular weight excluding hydrogens is 727 g/mol. The molecule has 0 amide bonds. The monoisotopic (exact) mass is 791 g/mol.